The fraction of sp³-hybridized carbons (Fsp3) is 0.741. The highest BCUT2D eigenvalue weighted by atomic mass is 28.3. The molecule has 1 aliphatic carbocycles. The summed E-state index contributed by atoms with van der Waals surface area (Å²) in [6.45, 7) is 11.8. The highest BCUT2D eigenvalue weighted by Gasteiger charge is 2.63. The lowest BCUT2D eigenvalue weighted by molar-refractivity contribution is -0.163. The van der Waals surface area contributed by atoms with E-state index in [0.717, 1.165) is 15.8 Å². The van der Waals surface area contributed by atoms with Crippen LogP contribution in [-0.4, -0.2) is 109 Å². The molecule has 13 nitrogen and oxygen atoms in total. The molecule has 0 atom stereocenters. The summed E-state index contributed by atoms with van der Waals surface area (Å²) in [5.74, 6) is -2.23. The van der Waals surface area contributed by atoms with Crippen LogP contribution in [0.15, 0.2) is 11.4 Å². The smallest absolute Gasteiger partial charge is 0.334 e. The molecule has 4 aliphatic rings. The zero-order chi connectivity index (χ0) is 30.3. The molecule has 41 heavy (non-hydrogen) atoms. The van der Waals surface area contributed by atoms with Crippen LogP contribution in [0.1, 0.15) is 46.0 Å². The molecule has 3 heterocycles. The van der Waals surface area contributed by atoms with Crippen LogP contribution in [0.25, 0.3) is 0 Å². The molecule has 0 bridgehead atoms. The predicted molar refractivity (Wildman–Crippen MR) is 151 cm³/mol. The molecular formula is C27H44N6O7Si. The number of ether oxygens (including phenoxy) is 2. The van der Waals surface area contributed by atoms with E-state index in [4.69, 9.17) is 20.9 Å². The van der Waals surface area contributed by atoms with Gasteiger partial charge in [-0.3, -0.25) is 24.2 Å². The average molecular weight is 593 g/mol. The van der Waals surface area contributed by atoms with Gasteiger partial charge in [-0.05, 0) is 43.6 Å². The van der Waals surface area contributed by atoms with Gasteiger partial charge in [0.25, 0.3) is 17.7 Å². The molecule has 3 saturated heterocycles. The van der Waals surface area contributed by atoms with Crippen LogP contribution in [-0.2, 0) is 23.9 Å². The van der Waals surface area contributed by atoms with Crippen LogP contribution in [0.2, 0.25) is 25.7 Å². The third kappa shape index (κ3) is 5.73. The maximum atomic E-state index is 13.5. The van der Waals surface area contributed by atoms with E-state index in [9.17, 15) is 24.0 Å². The molecule has 228 valence electrons. The van der Waals surface area contributed by atoms with E-state index in [1.165, 1.54) is 4.90 Å². The van der Waals surface area contributed by atoms with E-state index < -0.39 is 43.3 Å². The van der Waals surface area contributed by atoms with Crippen molar-refractivity contribution in [3.63, 3.8) is 0 Å². The Kier molecular flexibility index (Phi) is 8.59. The summed E-state index contributed by atoms with van der Waals surface area (Å²) in [6, 6.07) is -0.547. The van der Waals surface area contributed by atoms with Gasteiger partial charge in [0, 0.05) is 33.8 Å². The third-order valence-corrected chi connectivity index (χ3v) is 10.4. The number of nitrogens with two attached hydrogens (primary N) is 2. The predicted octanol–water partition coefficient (Wildman–Crippen LogP) is 1.61. The van der Waals surface area contributed by atoms with E-state index in [-0.39, 0.29) is 49.4 Å². The maximum absolute atomic E-state index is 13.5. The van der Waals surface area contributed by atoms with Crippen LogP contribution in [0.4, 0.5) is 9.59 Å². The number of rotatable bonds is 10. The number of hydrogen-bond acceptors (Lipinski definition) is 9. The zero-order valence-corrected chi connectivity index (χ0v) is 25.9. The summed E-state index contributed by atoms with van der Waals surface area (Å²) in [4.78, 5) is 71.0. The topological polar surface area (TPSA) is 169 Å². The van der Waals surface area contributed by atoms with Gasteiger partial charge in [0.05, 0.1) is 13.2 Å². The summed E-state index contributed by atoms with van der Waals surface area (Å²) >= 11 is 0. The fourth-order valence-electron chi connectivity index (χ4n) is 5.96. The number of carbonyl (C=O) groups excluding carboxylic acids is 5. The van der Waals surface area contributed by atoms with Crippen LogP contribution >= 0.6 is 0 Å². The van der Waals surface area contributed by atoms with Crippen LogP contribution in [0.5, 0.6) is 0 Å². The van der Waals surface area contributed by atoms with E-state index in [2.05, 4.69) is 26.6 Å². The average Bonchev–Trinajstić information content (AvgIpc) is 3.05. The minimum absolute atomic E-state index is 0.0779. The first kappa shape index (κ1) is 31.0. The molecule has 4 rings (SSSR count). The Morgan fingerprint density at radius 1 is 1.00 bits per heavy atom. The summed E-state index contributed by atoms with van der Waals surface area (Å²) in [7, 11) is -1.32. The lowest BCUT2D eigenvalue weighted by atomic mass is 9.72. The molecule has 4 fully saturated rings. The molecule has 0 aromatic heterocycles. The highest BCUT2D eigenvalue weighted by Crippen LogP contribution is 2.44. The summed E-state index contributed by atoms with van der Waals surface area (Å²) in [5, 5.41) is 0. The number of hydrogen-bond donors (Lipinski definition) is 2. The van der Waals surface area contributed by atoms with E-state index in [1.54, 1.807) is 4.90 Å². The Morgan fingerprint density at radius 3 is 2.15 bits per heavy atom. The number of imide groups is 3. The Morgan fingerprint density at radius 2 is 1.63 bits per heavy atom. The molecule has 0 aromatic carbocycles. The van der Waals surface area contributed by atoms with E-state index >= 15 is 0 Å². The SMILES string of the molecule is CCCN1C(=O)C(=C(N)N)C(=O)N(C2CCC(C)(CN3C(=O)N(COCC[Si](C)(C)C)C(=O)C34COC4)CC2)C1=O. The molecule has 0 unspecified atom stereocenters. The van der Waals surface area contributed by atoms with Gasteiger partial charge in [-0.1, -0.05) is 33.5 Å². The molecule has 3 aliphatic heterocycles. The van der Waals surface area contributed by atoms with Crippen LogP contribution in [0, 0.1) is 5.41 Å². The Balaban J connectivity index is 1.44. The zero-order valence-electron chi connectivity index (χ0n) is 24.9. The Bertz CT molecular complexity index is 1140. The van der Waals surface area contributed by atoms with Gasteiger partial charge in [-0.25, -0.2) is 14.5 Å². The molecule has 0 aromatic rings. The van der Waals surface area contributed by atoms with Crippen molar-refractivity contribution in [2.75, 3.05) is 39.6 Å². The lowest BCUT2D eigenvalue weighted by Crippen LogP contribution is -2.65. The Labute approximate surface area is 242 Å². The van der Waals surface area contributed by atoms with Crippen LogP contribution < -0.4 is 11.5 Å². The van der Waals surface area contributed by atoms with Crippen molar-refractivity contribution in [1.29, 1.82) is 0 Å². The summed E-state index contributed by atoms with van der Waals surface area (Å²) in [6.07, 6.45) is 2.66. The van der Waals surface area contributed by atoms with Crippen molar-refractivity contribution in [2.45, 2.75) is 83.2 Å². The van der Waals surface area contributed by atoms with Gasteiger partial charge in [0.1, 0.15) is 18.1 Å². The first-order chi connectivity index (χ1) is 19.2. The molecular weight excluding hydrogens is 548 g/mol. The Hall–Kier alpha value is -2.97. The van der Waals surface area contributed by atoms with Crippen molar-refractivity contribution >= 4 is 37.9 Å². The lowest BCUT2D eigenvalue weighted by Gasteiger charge is -2.48. The second-order valence-corrected chi connectivity index (χ2v) is 18.9. The van der Waals surface area contributed by atoms with Gasteiger partial charge in [-0.15, -0.1) is 0 Å². The monoisotopic (exact) mass is 592 g/mol. The largest absolute Gasteiger partial charge is 0.385 e. The molecule has 1 saturated carbocycles. The van der Waals surface area contributed by atoms with Crippen molar-refractivity contribution < 1.29 is 33.4 Å². The third-order valence-electron chi connectivity index (χ3n) is 8.65. The molecule has 1 spiro atoms. The van der Waals surface area contributed by atoms with Gasteiger partial charge in [-0.2, -0.15) is 0 Å². The molecule has 14 heteroatoms. The maximum Gasteiger partial charge on any atom is 0.334 e. The minimum atomic E-state index is -1.32. The van der Waals surface area contributed by atoms with Crippen molar-refractivity contribution in [1.82, 2.24) is 19.6 Å². The van der Waals surface area contributed by atoms with Gasteiger partial charge < -0.3 is 25.8 Å². The van der Waals surface area contributed by atoms with Gasteiger partial charge >= 0.3 is 12.1 Å². The van der Waals surface area contributed by atoms with E-state index in [1.807, 2.05) is 6.92 Å². The number of nitrogens with zero attached hydrogens (tertiary/aromatic N) is 4. The standard InChI is InChI=1S/C27H44N6O7Si/c1-6-11-30-21(34)19(20(28)29)22(35)33(25(30)38)18-7-9-26(2,10-8-18)14-32-24(37)31(17-39-12-13-41(3,4)5)23(36)27(32)15-40-16-27/h18H,6-17,28-29H2,1-5H3. The number of urea groups is 2. The highest BCUT2D eigenvalue weighted by molar-refractivity contribution is 6.76. The normalized spacial score (nSPS) is 26.9. The fourth-order valence-corrected chi connectivity index (χ4v) is 6.72. The number of barbiturate groups is 1. The number of carbonyl (C=O) groups is 5. The first-order valence-corrected chi connectivity index (χ1v) is 18.1. The van der Waals surface area contributed by atoms with Crippen molar-refractivity contribution in [2.24, 2.45) is 16.9 Å². The molecule has 4 N–H and O–H groups in total. The summed E-state index contributed by atoms with van der Waals surface area (Å²) < 4.78 is 11.2. The van der Waals surface area contributed by atoms with Gasteiger partial charge in [0.15, 0.2) is 5.54 Å². The summed E-state index contributed by atoms with van der Waals surface area (Å²) in [5.41, 5.74) is 9.61. The van der Waals surface area contributed by atoms with Crippen LogP contribution in [0.3, 0.4) is 0 Å². The first-order valence-electron chi connectivity index (χ1n) is 14.4. The van der Waals surface area contributed by atoms with E-state index in [0.29, 0.717) is 45.3 Å². The molecule has 7 amide bonds. The second kappa shape index (κ2) is 11.4. The van der Waals surface area contributed by atoms with Crippen molar-refractivity contribution in [3.05, 3.63) is 11.4 Å². The molecule has 0 radical (unpaired) electrons. The van der Waals surface area contributed by atoms with Gasteiger partial charge in [0.2, 0.25) is 0 Å². The second-order valence-electron chi connectivity index (χ2n) is 13.3. The van der Waals surface area contributed by atoms with Crippen molar-refractivity contribution in [3.8, 4) is 0 Å². The number of amides is 7. The minimum Gasteiger partial charge on any atom is -0.385 e. The quantitative estimate of drug-likeness (QED) is 0.126.